The average Bonchev–Trinajstić information content (AvgIpc) is 2.48. The number of nitrogens with two attached hydrogens (primary N) is 1. The van der Waals surface area contributed by atoms with E-state index in [9.17, 15) is 18.0 Å². The Morgan fingerprint density at radius 3 is 2.50 bits per heavy atom. The highest BCUT2D eigenvalue weighted by molar-refractivity contribution is 7.89. The van der Waals surface area contributed by atoms with Gasteiger partial charge in [-0.15, -0.1) is 0 Å². The van der Waals surface area contributed by atoms with Crippen LogP contribution in [0.15, 0.2) is 29.4 Å². The lowest BCUT2D eigenvalue weighted by atomic mass is 10.3. The molecule has 1 fully saturated rings. The van der Waals surface area contributed by atoms with E-state index in [-0.39, 0.29) is 24.5 Å². The molecule has 0 unspecified atom stereocenters. The Morgan fingerprint density at radius 2 is 1.95 bits per heavy atom. The van der Waals surface area contributed by atoms with Gasteiger partial charge in [-0.05, 0) is 12.1 Å². The lowest BCUT2D eigenvalue weighted by Gasteiger charge is -2.33. The van der Waals surface area contributed by atoms with E-state index < -0.39 is 22.0 Å². The zero-order chi connectivity index (χ0) is 16.2. The Labute approximate surface area is 128 Å². The van der Waals surface area contributed by atoms with Crippen LogP contribution >= 0.6 is 0 Å². The minimum Gasteiger partial charge on any atom is -0.351 e. The largest absolute Gasteiger partial charge is 0.351 e. The van der Waals surface area contributed by atoms with E-state index in [1.807, 2.05) is 5.32 Å². The maximum atomic E-state index is 12.4. The maximum Gasteiger partial charge on any atom is 0.318 e. The highest BCUT2D eigenvalue weighted by Gasteiger charge is 2.29. The molecule has 10 heteroatoms. The molecule has 1 aliphatic rings. The molecule has 3 amide bonds. The third kappa shape index (κ3) is 4.00. The van der Waals surface area contributed by atoms with Crippen molar-refractivity contribution in [1.82, 2.24) is 19.5 Å². The van der Waals surface area contributed by atoms with Crippen molar-refractivity contribution >= 4 is 22.0 Å². The summed E-state index contributed by atoms with van der Waals surface area (Å²) in [6.45, 7) is 1.32. The molecule has 1 aliphatic heterocycles. The van der Waals surface area contributed by atoms with Crippen molar-refractivity contribution in [3.05, 3.63) is 24.5 Å². The fourth-order valence-corrected chi connectivity index (χ4v) is 3.54. The summed E-state index contributed by atoms with van der Waals surface area (Å²) in [7, 11) is -3.56. The number of amides is 3. The third-order valence-electron chi connectivity index (χ3n) is 3.23. The predicted molar refractivity (Wildman–Crippen MR) is 77.2 cm³/mol. The quantitative estimate of drug-likeness (QED) is 0.699. The van der Waals surface area contributed by atoms with Crippen molar-refractivity contribution < 1.29 is 18.0 Å². The summed E-state index contributed by atoms with van der Waals surface area (Å²) in [5.74, 6) is -0.504. The van der Waals surface area contributed by atoms with Crippen LogP contribution in [0.5, 0.6) is 0 Å². The van der Waals surface area contributed by atoms with Crippen LogP contribution < -0.4 is 11.1 Å². The van der Waals surface area contributed by atoms with Crippen LogP contribution in [0.2, 0.25) is 0 Å². The molecule has 0 bridgehead atoms. The van der Waals surface area contributed by atoms with E-state index in [0.29, 0.717) is 13.1 Å². The first kappa shape index (κ1) is 16.3. The van der Waals surface area contributed by atoms with Crippen LogP contribution in [0.3, 0.4) is 0 Å². The van der Waals surface area contributed by atoms with Crippen LogP contribution in [-0.2, 0) is 14.8 Å². The molecule has 0 aliphatic carbocycles. The molecule has 0 atom stereocenters. The molecular formula is C12H17N5O4S. The molecule has 1 saturated heterocycles. The number of nitrogens with one attached hydrogen (secondary N) is 1. The Kier molecular flexibility index (Phi) is 5.06. The van der Waals surface area contributed by atoms with Gasteiger partial charge >= 0.3 is 6.03 Å². The van der Waals surface area contributed by atoms with Gasteiger partial charge in [0, 0.05) is 38.6 Å². The van der Waals surface area contributed by atoms with E-state index in [1.165, 1.54) is 22.8 Å². The van der Waals surface area contributed by atoms with Crippen molar-refractivity contribution in [2.24, 2.45) is 5.73 Å². The zero-order valence-electron chi connectivity index (χ0n) is 11.8. The molecule has 2 heterocycles. The minimum absolute atomic E-state index is 0.00369. The molecule has 1 aromatic rings. The van der Waals surface area contributed by atoms with Crippen LogP contribution in [0.4, 0.5) is 4.79 Å². The first-order valence-electron chi connectivity index (χ1n) is 6.61. The Hall–Kier alpha value is -2.04. The van der Waals surface area contributed by atoms with Crippen molar-refractivity contribution in [1.29, 1.82) is 0 Å². The first-order chi connectivity index (χ1) is 10.4. The molecule has 3 N–H and O–H groups in total. The van der Waals surface area contributed by atoms with Gasteiger partial charge in [-0.25, -0.2) is 13.2 Å². The minimum atomic E-state index is -3.56. The van der Waals surface area contributed by atoms with Gasteiger partial charge in [0.2, 0.25) is 15.9 Å². The summed E-state index contributed by atoms with van der Waals surface area (Å²) in [5.41, 5.74) is 4.86. The number of carbonyl (C=O) groups excluding carboxylic acids is 2. The van der Waals surface area contributed by atoms with Gasteiger partial charge in [0.1, 0.15) is 4.90 Å². The molecule has 120 valence electrons. The molecule has 0 spiro atoms. The van der Waals surface area contributed by atoms with Gasteiger partial charge in [-0.2, -0.15) is 4.31 Å². The predicted octanol–water partition coefficient (Wildman–Crippen LogP) is -1.42. The first-order valence-corrected chi connectivity index (χ1v) is 8.05. The lowest BCUT2D eigenvalue weighted by molar-refractivity contribution is -0.121. The van der Waals surface area contributed by atoms with E-state index in [1.54, 1.807) is 11.0 Å². The maximum absolute atomic E-state index is 12.4. The molecule has 0 saturated carbocycles. The molecule has 2 rings (SSSR count). The Balaban J connectivity index is 1.92. The molecule has 0 radical (unpaired) electrons. The summed E-state index contributed by atoms with van der Waals surface area (Å²) in [6, 6.07) is 2.16. The summed E-state index contributed by atoms with van der Waals surface area (Å²) in [5, 5.41) is 1.98. The van der Waals surface area contributed by atoms with Crippen LogP contribution in [-0.4, -0.2) is 67.3 Å². The normalized spacial score (nSPS) is 17.1. The second-order valence-corrected chi connectivity index (χ2v) is 6.72. The number of hydrogen-bond donors (Lipinski definition) is 2. The number of imide groups is 1. The van der Waals surface area contributed by atoms with Crippen molar-refractivity contribution in [3.8, 4) is 0 Å². The highest BCUT2D eigenvalue weighted by atomic mass is 32.2. The molecule has 22 heavy (non-hydrogen) atoms. The average molecular weight is 327 g/mol. The van der Waals surface area contributed by atoms with E-state index in [4.69, 9.17) is 5.73 Å². The van der Waals surface area contributed by atoms with Crippen molar-refractivity contribution in [2.45, 2.75) is 4.90 Å². The molecule has 9 nitrogen and oxygen atoms in total. The number of primary amides is 1. The third-order valence-corrected chi connectivity index (χ3v) is 5.12. The number of urea groups is 1. The molecule has 0 aromatic carbocycles. The number of aromatic nitrogens is 1. The number of piperazine rings is 1. The zero-order valence-corrected chi connectivity index (χ0v) is 12.6. The lowest BCUT2D eigenvalue weighted by Crippen LogP contribution is -2.51. The van der Waals surface area contributed by atoms with Crippen LogP contribution in [0, 0.1) is 0 Å². The second kappa shape index (κ2) is 6.81. The molecular weight excluding hydrogens is 310 g/mol. The SMILES string of the molecule is NC(=O)NC(=O)CN1CCN(S(=O)(=O)c2cccnc2)CC1. The smallest absolute Gasteiger partial charge is 0.318 e. The van der Waals surface area contributed by atoms with Crippen LogP contribution in [0.25, 0.3) is 0 Å². The standard InChI is InChI=1S/C12H17N5O4S/c13-12(19)15-11(18)9-16-4-6-17(7-5-16)22(20,21)10-2-1-3-14-8-10/h1-3,8H,4-7,9H2,(H3,13,15,18,19). The number of pyridine rings is 1. The Morgan fingerprint density at radius 1 is 1.27 bits per heavy atom. The van der Waals surface area contributed by atoms with Gasteiger partial charge in [-0.1, -0.05) is 0 Å². The number of rotatable bonds is 4. The number of hydrogen-bond acceptors (Lipinski definition) is 6. The fourth-order valence-electron chi connectivity index (χ4n) is 2.16. The molecule has 1 aromatic heterocycles. The monoisotopic (exact) mass is 327 g/mol. The summed E-state index contributed by atoms with van der Waals surface area (Å²) in [4.78, 5) is 27.7. The topological polar surface area (TPSA) is 126 Å². The fraction of sp³-hybridized carbons (Fsp3) is 0.417. The van der Waals surface area contributed by atoms with Gasteiger partial charge in [0.05, 0.1) is 6.54 Å². The Bertz CT molecular complexity index is 641. The van der Waals surface area contributed by atoms with Gasteiger partial charge < -0.3 is 5.73 Å². The van der Waals surface area contributed by atoms with E-state index in [2.05, 4.69) is 4.98 Å². The second-order valence-electron chi connectivity index (χ2n) is 4.78. The van der Waals surface area contributed by atoms with Crippen molar-refractivity contribution in [3.63, 3.8) is 0 Å². The summed E-state index contributed by atoms with van der Waals surface area (Å²) < 4.78 is 26.1. The van der Waals surface area contributed by atoms with Gasteiger partial charge in [-0.3, -0.25) is 20.0 Å². The number of sulfonamides is 1. The number of carbonyl (C=O) groups is 2. The van der Waals surface area contributed by atoms with Crippen LogP contribution in [0.1, 0.15) is 0 Å². The van der Waals surface area contributed by atoms with E-state index >= 15 is 0 Å². The van der Waals surface area contributed by atoms with E-state index in [0.717, 1.165) is 0 Å². The summed E-state index contributed by atoms with van der Waals surface area (Å²) in [6.07, 6.45) is 2.82. The van der Waals surface area contributed by atoms with Gasteiger partial charge in [0.15, 0.2) is 0 Å². The van der Waals surface area contributed by atoms with Gasteiger partial charge in [0.25, 0.3) is 0 Å². The summed E-state index contributed by atoms with van der Waals surface area (Å²) >= 11 is 0. The number of nitrogens with zero attached hydrogens (tertiary/aromatic N) is 3. The van der Waals surface area contributed by atoms with Crippen molar-refractivity contribution in [2.75, 3.05) is 32.7 Å². The highest BCUT2D eigenvalue weighted by Crippen LogP contribution is 2.16.